The Kier molecular flexibility index (Phi) is 3.25. The minimum absolute atomic E-state index is 0.0214. The van der Waals surface area contributed by atoms with Crippen molar-refractivity contribution in [2.45, 2.75) is 18.3 Å². The Labute approximate surface area is 105 Å². The van der Waals surface area contributed by atoms with E-state index in [9.17, 15) is 9.59 Å². The summed E-state index contributed by atoms with van der Waals surface area (Å²) in [5.41, 5.74) is 0.892. The third kappa shape index (κ3) is 2.10. The number of hydrogen-bond acceptors (Lipinski definition) is 3. The van der Waals surface area contributed by atoms with Crippen LogP contribution in [0, 0.1) is 0 Å². The van der Waals surface area contributed by atoms with Gasteiger partial charge in [0.15, 0.2) is 0 Å². The van der Waals surface area contributed by atoms with E-state index in [-0.39, 0.29) is 15.5 Å². The summed E-state index contributed by atoms with van der Waals surface area (Å²) in [6, 6.07) is 7.60. The molecule has 1 aromatic heterocycles. The minimum Gasteiger partial charge on any atom is -0.299 e. The van der Waals surface area contributed by atoms with Crippen LogP contribution in [0.2, 0.25) is 0 Å². The second kappa shape index (κ2) is 4.51. The van der Waals surface area contributed by atoms with Gasteiger partial charge >= 0.3 is 4.87 Å². The standard InChI is InChI=1S/C11H10BrNO2S/c1-7(14)8(12)6-13-9-4-2-3-5-10(9)16-11(13)15/h2-5,8H,6H2,1H3. The lowest BCUT2D eigenvalue weighted by Crippen LogP contribution is -2.23. The predicted molar refractivity (Wildman–Crippen MR) is 69.5 cm³/mol. The van der Waals surface area contributed by atoms with E-state index in [1.54, 1.807) is 4.57 Å². The lowest BCUT2D eigenvalue weighted by molar-refractivity contribution is -0.116. The molecule has 3 nitrogen and oxygen atoms in total. The largest absolute Gasteiger partial charge is 0.308 e. The quantitative estimate of drug-likeness (QED) is 0.817. The molecule has 0 aliphatic heterocycles. The number of thiazole rings is 1. The first-order chi connectivity index (χ1) is 7.59. The van der Waals surface area contributed by atoms with Crippen molar-refractivity contribution >= 4 is 43.3 Å². The molecule has 0 radical (unpaired) electrons. The van der Waals surface area contributed by atoms with E-state index in [1.165, 1.54) is 18.3 Å². The zero-order valence-corrected chi connectivity index (χ0v) is 11.0. The Morgan fingerprint density at radius 3 is 2.88 bits per heavy atom. The van der Waals surface area contributed by atoms with E-state index in [0.29, 0.717) is 6.54 Å². The Balaban J connectivity index is 2.48. The topological polar surface area (TPSA) is 39.1 Å². The van der Waals surface area contributed by atoms with E-state index in [0.717, 1.165) is 10.2 Å². The van der Waals surface area contributed by atoms with Gasteiger partial charge in [-0.05, 0) is 19.1 Å². The van der Waals surface area contributed by atoms with Crippen molar-refractivity contribution in [3.8, 4) is 0 Å². The first-order valence-corrected chi connectivity index (χ1v) is 6.55. The van der Waals surface area contributed by atoms with Crippen LogP contribution in [0.5, 0.6) is 0 Å². The van der Waals surface area contributed by atoms with Gasteiger partial charge in [-0.25, -0.2) is 0 Å². The first kappa shape index (κ1) is 11.5. The molecular weight excluding hydrogens is 290 g/mol. The number of carbonyl (C=O) groups excluding carboxylic acids is 1. The van der Waals surface area contributed by atoms with Gasteiger partial charge in [0, 0.05) is 6.54 Å². The van der Waals surface area contributed by atoms with Crippen LogP contribution in [0.1, 0.15) is 6.92 Å². The zero-order chi connectivity index (χ0) is 11.7. The number of ketones is 1. The number of alkyl halides is 1. The molecule has 0 saturated carbocycles. The van der Waals surface area contributed by atoms with E-state index >= 15 is 0 Å². The van der Waals surface area contributed by atoms with Crippen LogP contribution >= 0.6 is 27.3 Å². The number of halogens is 1. The molecule has 0 saturated heterocycles. The van der Waals surface area contributed by atoms with E-state index in [1.807, 2.05) is 24.3 Å². The smallest absolute Gasteiger partial charge is 0.299 e. The van der Waals surface area contributed by atoms with Crippen molar-refractivity contribution in [1.29, 1.82) is 0 Å². The fourth-order valence-electron chi connectivity index (χ4n) is 1.48. The molecule has 2 aromatic rings. The maximum atomic E-state index is 11.7. The average Bonchev–Trinajstić information content (AvgIpc) is 2.55. The summed E-state index contributed by atoms with van der Waals surface area (Å²) >= 11 is 4.49. The SMILES string of the molecule is CC(=O)C(Br)Cn1c(=O)sc2ccccc21. The second-order valence-corrected chi connectivity index (χ2v) is 5.62. The van der Waals surface area contributed by atoms with Crippen molar-refractivity contribution in [2.24, 2.45) is 0 Å². The number of carbonyl (C=O) groups is 1. The molecule has 0 bridgehead atoms. The summed E-state index contributed by atoms with van der Waals surface area (Å²) in [5.74, 6) is 0.0298. The van der Waals surface area contributed by atoms with Gasteiger partial charge in [-0.1, -0.05) is 39.4 Å². The lowest BCUT2D eigenvalue weighted by Gasteiger charge is -2.07. The van der Waals surface area contributed by atoms with Crippen LogP contribution in [0.4, 0.5) is 0 Å². The van der Waals surface area contributed by atoms with E-state index in [4.69, 9.17) is 0 Å². The Hall–Kier alpha value is -0.940. The number of nitrogens with zero attached hydrogens (tertiary/aromatic N) is 1. The van der Waals surface area contributed by atoms with Crippen molar-refractivity contribution in [2.75, 3.05) is 0 Å². The number of aromatic nitrogens is 1. The highest BCUT2D eigenvalue weighted by Gasteiger charge is 2.14. The van der Waals surface area contributed by atoms with Crippen LogP contribution in [-0.2, 0) is 11.3 Å². The summed E-state index contributed by atoms with van der Waals surface area (Å²) in [6.07, 6.45) is 0. The zero-order valence-electron chi connectivity index (χ0n) is 8.64. The highest BCUT2D eigenvalue weighted by molar-refractivity contribution is 9.10. The predicted octanol–water partition coefficient (Wildman–Crippen LogP) is 2.42. The third-order valence-electron chi connectivity index (χ3n) is 2.36. The molecule has 0 aliphatic carbocycles. The van der Waals surface area contributed by atoms with Gasteiger partial charge in [0.05, 0.1) is 15.0 Å². The molecule has 0 aliphatic rings. The third-order valence-corrected chi connectivity index (χ3v) is 4.25. The summed E-state index contributed by atoms with van der Waals surface area (Å²) in [7, 11) is 0. The molecule has 0 N–H and O–H groups in total. The Morgan fingerprint density at radius 2 is 2.19 bits per heavy atom. The first-order valence-electron chi connectivity index (χ1n) is 4.82. The second-order valence-electron chi connectivity index (χ2n) is 3.52. The molecule has 1 unspecified atom stereocenters. The van der Waals surface area contributed by atoms with Crippen LogP contribution in [0.3, 0.4) is 0 Å². The number of hydrogen-bond donors (Lipinski definition) is 0. The van der Waals surface area contributed by atoms with Crippen molar-refractivity contribution < 1.29 is 4.79 Å². The molecule has 0 fully saturated rings. The minimum atomic E-state index is -0.303. The van der Waals surface area contributed by atoms with Crippen molar-refractivity contribution in [3.63, 3.8) is 0 Å². The fourth-order valence-corrected chi connectivity index (χ4v) is 2.67. The number of rotatable bonds is 3. The molecule has 1 atom stereocenters. The molecule has 0 spiro atoms. The summed E-state index contributed by atoms with van der Waals surface area (Å²) in [4.78, 5) is 22.6. The molecule has 0 amide bonds. The van der Waals surface area contributed by atoms with Gasteiger partial charge < -0.3 is 0 Å². The normalized spacial score (nSPS) is 12.9. The van der Waals surface area contributed by atoms with Gasteiger partial charge in [-0.2, -0.15) is 0 Å². The van der Waals surface area contributed by atoms with Gasteiger partial charge in [0.2, 0.25) is 0 Å². The number of Topliss-reactive ketones (excluding diaryl/α,β-unsaturated/α-hetero) is 1. The molecular formula is C11H10BrNO2S. The van der Waals surface area contributed by atoms with Crippen LogP contribution < -0.4 is 4.87 Å². The fraction of sp³-hybridized carbons (Fsp3) is 0.273. The molecule has 1 heterocycles. The van der Waals surface area contributed by atoms with Crippen molar-refractivity contribution in [1.82, 2.24) is 4.57 Å². The average molecular weight is 300 g/mol. The van der Waals surface area contributed by atoms with Crippen LogP contribution in [-0.4, -0.2) is 15.2 Å². The summed E-state index contributed by atoms with van der Waals surface area (Å²) in [5, 5.41) is 0. The van der Waals surface area contributed by atoms with Gasteiger partial charge in [0.25, 0.3) is 0 Å². The van der Waals surface area contributed by atoms with E-state index in [2.05, 4.69) is 15.9 Å². The summed E-state index contributed by atoms with van der Waals surface area (Å²) < 4.78 is 2.59. The maximum Gasteiger partial charge on any atom is 0.308 e. The Morgan fingerprint density at radius 1 is 1.50 bits per heavy atom. The van der Waals surface area contributed by atoms with Gasteiger partial charge in [-0.15, -0.1) is 0 Å². The van der Waals surface area contributed by atoms with E-state index < -0.39 is 0 Å². The van der Waals surface area contributed by atoms with Crippen LogP contribution in [0.15, 0.2) is 29.1 Å². The molecule has 5 heteroatoms. The van der Waals surface area contributed by atoms with Crippen molar-refractivity contribution in [3.05, 3.63) is 33.9 Å². The highest BCUT2D eigenvalue weighted by Crippen LogP contribution is 2.17. The Bertz CT molecular complexity index is 587. The highest BCUT2D eigenvalue weighted by atomic mass is 79.9. The van der Waals surface area contributed by atoms with Gasteiger partial charge in [0.1, 0.15) is 5.78 Å². The number of benzene rings is 1. The molecule has 1 aromatic carbocycles. The number of fused-ring (bicyclic) bond motifs is 1. The molecule has 16 heavy (non-hydrogen) atoms. The van der Waals surface area contributed by atoms with Gasteiger partial charge in [-0.3, -0.25) is 14.2 Å². The lowest BCUT2D eigenvalue weighted by atomic mass is 10.3. The molecule has 84 valence electrons. The summed E-state index contributed by atoms with van der Waals surface area (Å²) in [6.45, 7) is 1.90. The monoisotopic (exact) mass is 299 g/mol. The van der Waals surface area contributed by atoms with Crippen LogP contribution in [0.25, 0.3) is 10.2 Å². The molecule has 2 rings (SSSR count). The number of para-hydroxylation sites is 1. The maximum absolute atomic E-state index is 11.7.